The van der Waals surface area contributed by atoms with Crippen LogP contribution < -0.4 is 5.11 Å². The van der Waals surface area contributed by atoms with E-state index in [2.05, 4.69) is 0 Å². The molecule has 0 aliphatic carbocycles. The molecular weight excluding hydrogens is 478 g/mol. The van der Waals surface area contributed by atoms with Crippen LogP contribution in [0.5, 0.6) is 5.75 Å². The molecular formula is C7H4Cl5HgO. The largest absolute Gasteiger partial charge is 1.00 e. The Hall–Kier alpha value is 1.41. The Kier molecular flexibility index (Phi) is 8.73. The first-order valence-corrected chi connectivity index (χ1v) is 4.54. The zero-order chi connectivity index (χ0) is 9.46. The standard InChI is InChI=1S/C6HCl5O.CH4.Hg/c7-1-2(8)4(10)6(12)5(11)3(1)9;;/h12H;1H4;/q;;+1/p-1. The van der Waals surface area contributed by atoms with Crippen molar-refractivity contribution >= 4 is 58.0 Å². The van der Waals surface area contributed by atoms with Crippen LogP contribution in [-0.2, 0) is 27.7 Å². The molecule has 1 nitrogen and oxygen atoms in total. The van der Waals surface area contributed by atoms with Crippen LogP contribution in [0.4, 0.5) is 0 Å². The summed E-state index contributed by atoms with van der Waals surface area (Å²) < 4.78 is 0. The average Bonchev–Trinajstić information content (AvgIpc) is 2.08. The van der Waals surface area contributed by atoms with Crippen molar-refractivity contribution in [1.82, 2.24) is 0 Å². The molecule has 0 saturated heterocycles. The molecule has 0 unspecified atom stereocenters. The Balaban J connectivity index is 0. The number of benzene rings is 1. The summed E-state index contributed by atoms with van der Waals surface area (Å²) in [5.74, 6) is -0.613. The fraction of sp³-hybridized carbons (Fsp3) is 0.143. The Labute approximate surface area is 128 Å². The van der Waals surface area contributed by atoms with E-state index in [0.717, 1.165) is 0 Å². The summed E-state index contributed by atoms with van der Waals surface area (Å²) in [4.78, 5) is 0. The van der Waals surface area contributed by atoms with Gasteiger partial charge in [-0.2, -0.15) is 0 Å². The maximum absolute atomic E-state index is 11.1. The molecule has 0 aromatic heterocycles. The van der Waals surface area contributed by atoms with Gasteiger partial charge in [0.15, 0.2) is 0 Å². The van der Waals surface area contributed by atoms with E-state index in [4.69, 9.17) is 58.0 Å². The zero-order valence-corrected chi connectivity index (χ0v) is 15.3. The minimum absolute atomic E-state index is 0. The van der Waals surface area contributed by atoms with Gasteiger partial charge in [0, 0.05) is 0 Å². The van der Waals surface area contributed by atoms with Crippen molar-refractivity contribution in [3.05, 3.63) is 25.1 Å². The fourth-order valence-corrected chi connectivity index (χ4v) is 1.71. The molecule has 0 heterocycles. The van der Waals surface area contributed by atoms with Gasteiger partial charge in [-0.15, -0.1) is 0 Å². The molecule has 14 heavy (non-hydrogen) atoms. The Morgan fingerprint density at radius 1 is 0.643 bits per heavy atom. The van der Waals surface area contributed by atoms with Crippen LogP contribution >= 0.6 is 58.0 Å². The monoisotopic (exact) mass is 481 g/mol. The van der Waals surface area contributed by atoms with Gasteiger partial charge in [0.25, 0.3) is 0 Å². The van der Waals surface area contributed by atoms with E-state index < -0.39 is 5.75 Å². The zero-order valence-electron chi connectivity index (χ0n) is 6.01. The Bertz CT molecular complexity index is 236. The molecule has 75 valence electrons. The van der Waals surface area contributed by atoms with Gasteiger partial charge in [-0.1, -0.05) is 71.2 Å². The van der Waals surface area contributed by atoms with Crippen LogP contribution in [-0.4, -0.2) is 0 Å². The molecule has 0 fully saturated rings. The summed E-state index contributed by atoms with van der Waals surface area (Å²) in [7, 11) is 0. The first-order valence-electron chi connectivity index (χ1n) is 2.65. The second-order valence-electron chi connectivity index (χ2n) is 1.90. The van der Waals surface area contributed by atoms with Crippen LogP contribution in [0.3, 0.4) is 0 Å². The van der Waals surface area contributed by atoms with Crippen molar-refractivity contribution in [2.45, 2.75) is 7.43 Å². The van der Waals surface area contributed by atoms with Gasteiger partial charge in [-0.05, 0) is 0 Å². The second-order valence-corrected chi connectivity index (χ2v) is 3.79. The summed E-state index contributed by atoms with van der Waals surface area (Å²) in [6, 6.07) is 0. The van der Waals surface area contributed by atoms with Gasteiger partial charge in [-0.3, -0.25) is 0 Å². The van der Waals surface area contributed by atoms with Gasteiger partial charge in [-0.25, -0.2) is 0 Å². The van der Waals surface area contributed by atoms with Crippen LogP contribution in [0.15, 0.2) is 0 Å². The predicted molar refractivity (Wildman–Crippen MR) is 57.7 cm³/mol. The maximum Gasteiger partial charge on any atom is 1.00 e. The molecule has 0 aliphatic heterocycles. The molecule has 0 amide bonds. The molecule has 0 N–H and O–H groups in total. The molecule has 7 heteroatoms. The van der Waals surface area contributed by atoms with Gasteiger partial charge in [0.2, 0.25) is 0 Å². The molecule has 1 radical (unpaired) electrons. The van der Waals surface area contributed by atoms with E-state index >= 15 is 0 Å². The van der Waals surface area contributed by atoms with Crippen molar-refractivity contribution in [2.24, 2.45) is 0 Å². The average molecular weight is 482 g/mol. The number of hydrogen-bond acceptors (Lipinski definition) is 1. The molecule has 0 saturated carbocycles. The molecule has 0 bridgehead atoms. The van der Waals surface area contributed by atoms with Crippen LogP contribution in [0.2, 0.25) is 25.1 Å². The van der Waals surface area contributed by atoms with Crippen LogP contribution in [0.25, 0.3) is 0 Å². The third kappa shape index (κ3) is 3.20. The number of hydrogen-bond donors (Lipinski definition) is 0. The van der Waals surface area contributed by atoms with Crippen molar-refractivity contribution in [3.63, 3.8) is 0 Å². The summed E-state index contributed by atoms with van der Waals surface area (Å²) in [5.41, 5.74) is 0. The van der Waals surface area contributed by atoms with E-state index in [-0.39, 0.29) is 60.2 Å². The maximum atomic E-state index is 11.1. The molecule has 0 atom stereocenters. The Morgan fingerprint density at radius 3 is 1.14 bits per heavy atom. The Morgan fingerprint density at radius 2 is 0.857 bits per heavy atom. The van der Waals surface area contributed by atoms with E-state index in [1.54, 1.807) is 0 Å². The summed E-state index contributed by atoms with van der Waals surface area (Å²) in [6.45, 7) is 0. The normalized spacial score (nSPS) is 8.93. The SMILES string of the molecule is C.[Hg+].[O-]c1c(Cl)c(Cl)c(Cl)c(Cl)c1Cl. The molecule has 0 aliphatic rings. The summed E-state index contributed by atoms with van der Waals surface area (Å²) in [5, 5.41) is 10.5. The molecule has 1 aromatic rings. The van der Waals surface area contributed by atoms with Crippen molar-refractivity contribution in [2.75, 3.05) is 0 Å². The molecule has 1 aromatic carbocycles. The first-order chi connectivity index (χ1) is 5.46. The predicted octanol–water partition coefficient (Wildman–Crippen LogP) is 4.66. The van der Waals surface area contributed by atoms with E-state index in [0.29, 0.717) is 0 Å². The van der Waals surface area contributed by atoms with E-state index in [1.165, 1.54) is 0 Å². The van der Waals surface area contributed by atoms with E-state index in [1.807, 2.05) is 0 Å². The quantitative estimate of drug-likeness (QED) is 0.300. The summed E-state index contributed by atoms with van der Waals surface area (Å²) >= 11 is 27.7. The minimum Gasteiger partial charge on any atom is -0.870 e. The van der Waals surface area contributed by atoms with E-state index in [9.17, 15) is 5.11 Å². The van der Waals surface area contributed by atoms with Gasteiger partial charge >= 0.3 is 27.7 Å². The van der Waals surface area contributed by atoms with Crippen molar-refractivity contribution in [3.8, 4) is 5.75 Å². The third-order valence-corrected chi connectivity index (χ3v) is 3.41. The smallest absolute Gasteiger partial charge is 0.870 e. The van der Waals surface area contributed by atoms with Crippen molar-refractivity contribution in [1.29, 1.82) is 0 Å². The third-order valence-electron chi connectivity index (χ3n) is 1.17. The minimum atomic E-state index is -0.613. The van der Waals surface area contributed by atoms with Gasteiger partial charge < -0.3 is 5.11 Å². The van der Waals surface area contributed by atoms with Gasteiger partial charge in [0.05, 0.1) is 25.1 Å². The second kappa shape index (κ2) is 6.87. The van der Waals surface area contributed by atoms with Crippen LogP contribution in [0.1, 0.15) is 7.43 Å². The fourth-order valence-electron chi connectivity index (χ4n) is 0.585. The van der Waals surface area contributed by atoms with Gasteiger partial charge in [0.1, 0.15) is 0 Å². The first kappa shape index (κ1) is 17.8. The van der Waals surface area contributed by atoms with Crippen molar-refractivity contribution < 1.29 is 32.8 Å². The number of halogens is 5. The molecule has 0 spiro atoms. The topological polar surface area (TPSA) is 23.1 Å². The number of rotatable bonds is 0. The molecule has 1 rings (SSSR count). The summed E-state index contributed by atoms with van der Waals surface area (Å²) in [6.07, 6.45) is 0. The van der Waals surface area contributed by atoms with Crippen LogP contribution in [0, 0.1) is 0 Å².